The van der Waals surface area contributed by atoms with Crippen LogP contribution in [0.5, 0.6) is 5.75 Å². The maximum atomic E-state index is 12.5. The third-order valence-corrected chi connectivity index (χ3v) is 5.25. The van der Waals surface area contributed by atoms with E-state index >= 15 is 0 Å². The van der Waals surface area contributed by atoms with E-state index in [9.17, 15) is 4.79 Å². The molecule has 1 heterocycles. The molecule has 2 aromatic carbocycles. The van der Waals surface area contributed by atoms with Crippen molar-refractivity contribution in [1.29, 1.82) is 0 Å². The highest BCUT2D eigenvalue weighted by Gasteiger charge is 2.15. The van der Waals surface area contributed by atoms with Crippen molar-refractivity contribution in [2.24, 2.45) is 0 Å². The Hall–Kier alpha value is -2.70. The molecule has 1 amide bonds. The Kier molecular flexibility index (Phi) is 7.78. The molecule has 1 aromatic heterocycles. The second-order valence-corrected chi connectivity index (χ2v) is 7.86. The molecule has 0 spiro atoms. The Morgan fingerprint density at radius 1 is 1.14 bits per heavy atom. The minimum atomic E-state index is -0.0714. The molecule has 0 radical (unpaired) electrons. The molecule has 5 nitrogen and oxygen atoms in total. The van der Waals surface area contributed by atoms with Crippen LogP contribution in [0.15, 0.2) is 60.0 Å². The van der Waals surface area contributed by atoms with Gasteiger partial charge in [-0.3, -0.25) is 4.79 Å². The number of nitrogens with one attached hydrogen (secondary N) is 1. The Bertz CT molecular complexity index is 894. The molecule has 152 valence electrons. The molecule has 0 saturated heterocycles. The van der Waals surface area contributed by atoms with Gasteiger partial charge in [0, 0.05) is 12.5 Å². The molecule has 3 aromatic rings. The van der Waals surface area contributed by atoms with Gasteiger partial charge in [-0.05, 0) is 31.0 Å². The Balaban J connectivity index is 1.49. The Morgan fingerprint density at radius 2 is 1.90 bits per heavy atom. The van der Waals surface area contributed by atoms with Crippen molar-refractivity contribution in [3.8, 4) is 5.75 Å². The van der Waals surface area contributed by atoms with E-state index in [1.807, 2.05) is 54.8 Å². The van der Waals surface area contributed by atoms with Crippen molar-refractivity contribution in [3.63, 3.8) is 0 Å². The zero-order chi connectivity index (χ0) is 20.5. The van der Waals surface area contributed by atoms with Crippen LogP contribution in [0.2, 0.25) is 0 Å². The number of benzene rings is 2. The molecule has 29 heavy (non-hydrogen) atoms. The van der Waals surface area contributed by atoms with E-state index in [0.717, 1.165) is 22.9 Å². The molecule has 0 aliphatic heterocycles. The molecule has 6 heteroatoms. The van der Waals surface area contributed by atoms with Gasteiger partial charge in [-0.25, -0.2) is 4.98 Å². The molecule has 1 unspecified atom stereocenters. The summed E-state index contributed by atoms with van der Waals surface area (Å²) in [6.45, 7) is 2.90. The maximum absolute atomic E-state index is 12.5. The summed E-state index contributed by atoms with van der Waals surface area (Å²) >= 11 is 1.50. The van der Waals surface area contributed by atoms with E-state index in [1.54, 1.807) is 7.11 Å². The lowest BCUT2D eigenvalue weighted by Crippen LogP contribution is -2.40. The van der Waals surface area contributed by atoms with Gasteiger partial charge in [0.2, 0.25) is 5.91 Å². The first-order valence-electron chi connectivity index (χ1n) is 9.57. The summed E-state index contributed by atoms with van der Waals surface area (Å²) in [5, 5.41) is 5.82. The van der Waals surface area contributed by atoms with Gasteiger partial charge in [0.25, 0.3) is 0 Å². The summed E-state index contributed by atoms with van der Waals surface area (Å²) in [6, 6.07) is 17.9. The molecule has 0 saturated carbocycles. The van der Waals surface area contributed by atoms with E-state index in [0.29, 0.717) is 13.2 Å². The number of aromatic nitrogens is 1. The average Bonchev–Trinajstić information content (AvgIpc) is 3.15. The van der Waals surface area contributed by atoms with Crippen LogP contribution in [-0.2, 0) is 29.0 Å². The van der Waals surface area contributed by atoms with Crippen molar-refractivity contribution in [2.45, 2.75) is 32.4 Å². The van der Waals surface area contributed by atoms with Crippen molar-refractivity contribution in [2.75, 3.05) is 13.7 Å². The zero-order valence-electron chi connectivity index (χ0n) is 16.8. The molecule has 0 aliphatic rings. The first kappa shape index (κ1) is 21.0. The quantitative estimate of drug-likeness (QED) is 0.550. The number of nitrogens with zero attached hydrogens (tertiary/aromatic N) is 1. The lowest BCUT2D eigenvalue weighted by atomic mass is 10.1. The van der Waals surface area contributed by atoms with Crippen LogP contribution >= 0.6 is 11.3 Å². The van der Waals surface area contributed by atoms with E-state index < -0.39 is 0 Å². The normalized spacial score (nSPS) is 11.8. The van der Waals surface area contributed by atoms with Gasteiger partial charge < -0.3 is 14.8 Å². The van der Waals surface area contributed by atoms with Gasteiger partial charge in [-0.1, -0.05) is 48.0 Å². The molecular formula is C23H26N2O3S. The summed E-state index contributed by atoms with van der Waals surface area (Å²) in [5.74, 6) is 0.757. The number of methoxy groups -OCH3 is 1. The van der Waals surface area contributed by atoms with Gasteiger partial charge in [0.1, 0.15) is 17.4 Å². The highest BCUT2D eigenvalue weighted by molar-refractivity contribution is 7.09. The van der Waals surface area contributed by atoms with Crippen LogP contribution in [0, 0.1) is 6.92 Å². The number of hydrogen-bond acceptors (Lipinski definition) is 5. The highest BCUT2D eigenvalue weighted by atomic mass is 32.1. The topological polar surface area (TPSA) is 60.5 Å². The van der Waals surface area contributed by atoms with Crippen LogP contribution < -0.4 is 10.1 Å². The van der Waals surface area contributed by atoms with Crippen LogP contribution in [0.1, 0.15) is 21.8 Å². The number of carbonyl (C=O) groups is 1. The summed E-state index contributed by atoms with van der Waals surface area (Å²) in [7, 11) is 1.64. The summed E-state index contributed by atoms with van der Waals surface area (Å²) in [5.41, 5.74) is 3.11. The molecule has 0 aliphatic carbocycles. The lowest BCUT2D eigenvalue weighted by Gasteiger charge is -2.18. The third-order valence-electron chi connectivity index (χ3n) is 4.38. The van der Waals surface area contributed by atoms with Gasteiger partial charge in [-0.15, -0.1) is 11.3 Å². The number of carbonyl (C=O) groups excluding carboxylic acids is 1. The molecule has 3 rings (SSSR count). The predicted octanol–water partition coefficient (Wildman–Crippen LogP) is 3.95. The fraction of sp³-hybridized carbons (Fsp3) is 0.304. The third kappa shape index (κ3) is 7.00. The smallest absolute Gasteiger partial charge is 0.226 e. The van der Waals surface area contributed by atoms with Gasteiger partial charge in [0.05, 0.1) is 24.8 Å². The number of hydrogen-bond donors (Lipinski definition) is 1. The van der Waals surface area contributed by atoms with Crippen molar-refractivity contribution in [3.05, 3.63) is 81.8 Å². The Morgan fingerprint density at radius 3 is 2.62 bits per heavy atom. The van der Waals surface area contributed by atoms with E-state index in [2.05, 4.69) is 22.4 Å². The summed E-state index contributed by atoms with van der Waals surface area (Å²) < 4.78 is 11.0. The van der Waals surface area contributed by atoms with Crippen molar-refractivity contribution >= 4 is 17.2 Å². The lowest BCUT2D eigenvalue weighted by molar-refractivity contribution is -0.121. The first-order chi connectivity index (χ1) is 14.1. The Labute approximate surface area is 175 Å². The van der Waals surface area contributed by atoms with Gasteiger partial charge >= 0.3 is 0 Å². The summed E-state index contributed by atoms with van der Waals surface area (Å²) in [4.78, 5) is 17.0. The summed E-state index contributed by atoms with van der Waals surface area (Å²) in [6.07, 6.45) is 0.975. The second-order valence-electron chi connectivity index (χ2n) is 6.92. The fourth-order valence-electron chi connectivity index (χ4n) is 2.97. The van der Waals surface area contributed by atoms with Crippen molar-refractivity contribution in [1.82, 2.24) is 10.3 Å². The van der Waals surface area contributed by atoms with Crippen LogP contribution in [-0.4, -0.2) is 30.6 Å². The maximum Gasteiger partial charge on any atom is 0.226 e. The van der Waals surface area contributed by atoms with Gasteiger partial charge in [0.15, 0.2) is 0 Å². The monoisotopic (exact) mass is 410 g/mol. The number of rotatable bonds is 10. The second kappa shape index (κ2) is 10.7. The number of thiazole rings is 1. The van der Waals surface area contributed by atoms with E-state index in [1.165, 1.54) is 22.5 Å². The molecule has 1 atom stereocenters. The minimum absolute atomic E-state index is 0.0562. The molecule has 1 N–H and O–H groups in total. The van der Waals surface area contributed by atoms with Crippen molar-refractivity contribution < 1.29 is 14.3 Å². The zero-order valence-corrected chi connectivity index (χ0v) is 17.6. The first-order valence-corrected chi connectivity index (χ1v) is 10.5. The standard InChI is InChI=1S/C23H26N2O3S/c1-17-8-10-21(11-9-17)28-15-23-25-20(16-29-23)13-22(26)24-19(14-27-2)12-18-6-4-3-5-7-18/h3-11,16,19H,12-15H2,1-2H3,(H,24,26). The fourth-order valence-corrected chi connectivity index (χ4v) is 3.68. The van der Waals surface area contributed by atoms with Crippen LogP contribution in [0.25, 0.3) is 0 Å². The predicted molar refractivity (Wildman–Crippen MR) is 115 cm³/mol. The van der Waals surface area contributed by atoms with Crippen LogP contribution in [0.3, 0.4) is 0 Å². The van der Waals surface area contributed by atoms with Crippen LogP contribution in [0.4, 0.5) is 0 Å². The van der Waals surface area contributed by atoms with E-state index in [-0.39, 0.29) is 18.4 Å². The van der Waals surface area contributed by atoms with Gasteiger partial charge in [-0.2, -0.15) is 0 Å². The largest absolute Gasteiger partial charge is 0.486 e. The number of amides is 1. The molecular weight excluding hydrogens is 384 g/mol. The minimum Gasteiger partial charge on any atom is -0.486 e. The average molecular weight is 411 g/mol. The molecule has 0 bridgehead atoms. The highest BCUT2D eigenvalue weighted by Crippen LogP contribution is 2.16. The number of aryl methyl sites for hydroxylation is 1. The molecule has 0 fully saturated rings. The van der Waals surface area contributed by atoms with E-state index in [4.69, 9.17) is 9.47 Å². The number of ether oxygens (including phenoxy) is 2. The SMILES string of the molecule is COCC(Cc1ccccc1)NC(=O)Cc1csc(COc2ccc(C)cc2)n1.